The van der Waals surface area contributed by atoms with Gasteiger partial charge in [-0.05, 0) is 25.5 Å². The van der Waals surface area contributed by atoms with E-state index in [-0.39, 0.29) is 6.04 Å². The molecule has 0 aromatic carbocycles. The molecule has 1 rings (SSSR count). The van der Waals surface area contributed by atoms with Crippen molar-refractivity contribution >= 4 is 11.6 Å². The summed E-state index contributed by atoms with van der Waals surface area (Å²) in [5.41, 5.74) is 7.64. The molecular formula is C8H11ClN2. The van der Waals surface area contributed by atoms with Crippen LogP contribution in [0.5, 0.6) is 0 Å². The van der Waals surface area contributed by atoms with E-state index in [1.165, 1.54) is 0 Å². The van der Waals surface area contributed by atoms with Crippen LogP contribution >= 0.6 is 11.6 Å². The van der Waals surface area contributed by atoms with Crippen LogP contribution in [-0.4, -0.2) is 4.98 Å². The number of halogens is 1. The van der Waals surface area contributed by atoms with E-state index < -0.39 is 0 Å². The Hall–Kier alpha value is -0.600. The van der Waals surface area contributed by atoms with Crippen LogP contribution in [0.15, 0.2) is 12.1 Å². The van der Waals surface area contributed by atoms with E-state index >= 15 is 0 Å². The van der Waals surface area contributed by atoms with E-state index in [0.29, 0.717) is 5.15 Å². The van der Waals surface area contributed by atoms with E-state index in [1.54, 1.807) is 6.07 Å². The normalized spacial score (nSPS) is 13.1. The van der Waals surface area contributed by atoms with Crippen molar-refractivity contribution in [2.24, 2.45) is 5.73 Å². The molecule has 0 amide bonds. The Morgan fingerprint density at radius 2 is 2.18 bits per heavy atom. The molecule has 0 spiro atoms. The van der Waals surface area contributed by atoms with Crippen molar-refractivity contribution in [3.63, 3.8) is 0 Å². The van der Waals surface area contributed by atoms with Gasteiger partial charge in [-0.15, -0.1) is 0 Å². The SMILES string of the molecule is Cc1nc(Cl)ccc1[C@@H](C)N. The van der Waals surface area contributed by atoms with Crippen molar-refractivity contribution in [3.8, 4) is 0 Å². The standard InChI is InChI=1S/C8H11ClN2/c1-5(10)7-3-4-8(9)11-6(7)2/h3-5H,10H2,1-2H3/t5-/m1/s1. The van der Waals surface area contributed by atoms with Crippen LogP contribution in [0, 0.1) is 6.92 Å². The molecule has 0 saturated heterocycles. The molecule has 0 aliphatic rings. The fourth-order valence-corrected chi connectivity index (χ4v) is 1.21. The lowest BCUT2D eigenvalue weighted by molar-refractivity contribution is 0.799. The Morgan fingerprint density at radius 3 is 2.64 bits per heavy atom. The maximum absolute atomic E-state index is 5.68. The van der Waals surface area contributed by atoms with Crippen molar-refractivity contribution in [1.82, 2.24) is 4.98 Å². The monoisotopic (exact) mass is 170 g/mol. The zero-order chi connectivity index (χ0) is 8.43. The van der Waals surface area contributed by atoms with Gasteiger partial charge in [0.25, 0.3) is 0 Å². The summed E-state index contributed by atoms with van der Waals surface area (Å²) in [6, 6.07) is 3.70. The first-order valence-corrected chi connectivity index (χ1v) is 3.87. The molecular weight excluding hydrogens is 160 g/mol. The number of rotatable bonds is 1. The number of aromatic nitrogens is 1. The van der Waals surface area contributed by atoms with E-state index in [1.807, 2.05) is 19.9 Å². The summed E-state index contributed by atoms with van der Waals surface area (Å²) in [4.78, 5) is 4.08. The van der Waals surface area contributed by atoms with Crippen LogP contribution in [-0.2, 0) is 0 Å². The summed E-state index contributed by atoms with van der Waals surface area (Å²) in [5.74, 6) is 0. The second kappa shape index (κ2) is 3.20. The number of hydrogen-bond acceptors (Lipinski definition) is 2. The second-order valence-electron chi connectivity index (χ2n) is 2.60. The molecule has 1 aromatic heterocycles. The number of nitrogens with zero attached hydrogens (tertiary/aromatic N) is 1. The summed E-state index contributed by atoms with van der Waals surface area (Å²) in [5, 5.41) is 0.520. The van der Waals surface area contributed by atoms with Crippen molar-refractivity contribution in [2.45, 2.75) is 19.9 Å². The largest absolute Gasteiger partial charge is 0.324 e. The Morgan fingerprint density at radius 1 is 1.55 bits per heavy atom. The zero-order valence-electron chi connectivity index (χ0n) is 6.63. The number of pyridine rings is 1. The Bertz CT molecular complexity index is 258. The average molecular weight is 171 g/mol. The van der Waals surface area contributed by atoms with Gasteiger partial charge in [0.05, 0.1) is 0 Å². The quantitative estimate of drug-likeness (QED) is 0.656. The molecule has 2 N–H and O–H groups in total. The van der Waals surface area contributed by atoms with Gasteiger partial charge in [0.2, 0.25) is 0 Å². The van der Waals surface area contributed by atoms with Crippen molar-refractivity contribution in [1.29, 1.82) is 0 Å². The lowest BCUT2D eigenvalue weighted by Crippen LogP contribution is -2.07. The van der Waals surface area contributed by atoms with Gasteiger partial charge in [0.1, 0.15) is 5.15 Å². The Labute approximate surface area is 71.4 Å². The molecule has 0 fully saturated rings. The molecule has 60 valence electrons. The molecule has 0 bridgehead atoms. The van der Waals surface area contributed by atoms with Gasteiger partial charge in [-0.25, -0.2) is 4.98 Å². The second-order valence-corrected chi connectivity index (χ2v) is 2.98. The first kappa shape index (κ1) is 8.50. The lowest BCUT2D eigenvalue weighted by atomic mass is 10.1. The highest BCUT2D eigenvalue weighted by molar-refractivity contribution is 6.29. The summed E-state index contributed by atoms with van der Waals surface area (Å²) in [7, 11) is 0. The topological polar surface area (TPSA) is 38.9 Å². The first-order chi connectivity index (χ1) is 5.11. The van der Waals surface area contributed by atoms with Gasteiger partial charge in [0.15, 0.2) is 0 Å². The van der Waals surface area contributed by atoms with Gasteiger partial charge < -0.3 is 5.73 Å². The maximum atomic E-state index is 5.68. The van der Waals surface area contributed by atoms with Gasteiger partial charge >= 0.3 is 0 Å². The fraction of sp³-hybridized carbons (Fsp3) is 0.375. The van der Waals surface area contributed by atoms with E-state index in [0.717, 1.165) is 11.3 Å². The average Bonchev–Trinajstić information content (AvgIpc) is 1.85. The van der Waals surface area contributed by atoms with Gasteiger partial charge in [0, 0.05) is 11.7 Å². The Kier molecular flexibility index (Phi) is 2.47. The van der Waals surface area contributed by atoms with Crippen LogP contribution in [0.25, 0.3) is 0 Å². The third-order valence-corrected chi connectivity index (χ3v) is 1.79. The summed E-state index contributed by atoms with van der Waals surface area (Å²) in [6.07, 6.45) is 0. The molecule has 0 aliphatic heterocycles. The highest BCUT2D eigenvalue weighted by Crippen LogP contribution is 2.15. The minimum Gasteiger partial charge on any atom is -0.324 e. The molecule has 2 nitrogen and oxygen atoms in total. The fourth-order valence-electron chi connectivity index (χ4n) is 1.02. The summed E-state index contributed by atoms with van der Waals surface area (Å²) < 4.78 is 0. The van der Waals surface area contributed by atoms with E-state index in [2.05, 4.69) is 4.98 Å². The summed E-state index contributed by atoms with van der Waals surface area (Å²) >= 11 is 5.67. The number of aryl methyl sites for hydroxylation is 1. The zero-order valence-corrected chi connectivity index (χ0v) is 7.39. The molecule has 11 heavy (non-hydrogen) atoms. The van der Waals surface area contributed by atoms with E-state index in [9.17, 15) is 0 Å². The minimum atomic E-state index is 0.0276. The third-order valence-electron chi connectivity index (χ3n) is 1.58. The van der Waals surface area contributed by atoms with Gasteiger partial charge in [-0.3, -0.25) is 0 Å². The smallest absolute Gasteiger partial charge is 0.129 e. The van der Waals surface area contributed by atoms with Crippen molar-refractivity contribution in [2.75, 3.05) is 0 Å². The van der Waals surface area contributed by atoms with Crippen LogP contribution < -0.4 is 5.73 Å². The van der Waals surface area contributed by atoms with Crippen LogP contribution in [0.1, 0.15) is 24.2 Å². The molecule has 0 unspecified atom stereocenters. The highest BCUT2D eigenvalue weighted by Gasteiger charge is 2.03. The van der Waals surface area contributed by atoms with Gasteiger partial charge in [-0.1, -0.05) is 17.7 Å². The molecule has 1 heterocycles. The first-order valence-electron chi connectivity index (χ1n) is 3.50. The molecule has 0 aliphatic carbocycles. The lowest BCUT2D eigenvalue weighted by Gasteiger charge is -2.07. The van der Waals surface area contributed by atoms with Gasteiger partial charge in [-0.2, -0.15) is 0 Å². The van der Waals surface area contributed by atoms with Crippen LogP contribution in [0.4, 0.5) is 0 Å². The third kappa shape index (κ3) is 1.91. The molecule has 0 radical (unpaired) electrons. The maximum Gasteiger partial charge on any atom is 0.129 e. The number of hydrogen-bond donors (Lipinski definition) is 1. The van der Waals surface area contributed by atoms with Crippen LogP contribution in [0.3, 0.4) is 0 Å². The predicted molar refractivity (Wildman–Crippen MR) is 46.6 cm³/mol. The van der Waals surface area contributed by atoms with E-state index in [4.69, 9.17) is 17.3 Å². The summed E-state index contributed by atoms with van der Waals surface area (Å²) in [6.45, 7) is 3.84. The molecule has 1 aromatic rings. The molecule has 0 saturated carbocycles. The number of nitrogens with two attached hydrogens (primary N) is 1. The Balaban J connectivity index is 3.09. The minimum absolute atomic E-state index is 0.0276. The van der Waals surface area contributed by atoms with Crippen molar-refractivity contribution < 1.29 is 0 Å². The van der Waals surface area contributed by atoms with Crippen LogP contribution in [0.2, 0.25) is 5.15 Å². The molecule has 3 heteroatoms. The predicted octanol–water partition coefficient (Wildman–Crippen LogP) is 2.06. The molecule has 1 atom stereocenters. The highest BCUT2D eigenvalue weighted by atomic mass is 35.5. The van der Waals surface area contributed by atoms with Crippen molar-refractivity contribution in [3.05, 3.63) is 28.5 Å².